The Morgan fingerprint density at radius 2 is 1.70 bits per heavy atom. The third-order valence-corrected chi connectivity index (χ3v) is 5.11. The summed E-state index contributed by atoms with van der Waals surface area (Å²) in [6, 6.07) is 7.27. The Hall–Kier alpha value is -1.40. The molecule has 1 saturated carbocycles. The Bertz CT molecular complexity index is 565. The molecule has 2 fully saturated rings. The summed E-state index contributed by atoms with van der Waals surface area (Å²) in [5, 5.41) is 10.1. The standard InChI is InChI=1S/C17H20BrNO4/c18-11-5-7-13(8-6-11)23-10-12(20)9-19-16(21)14-3-1-2-4-15(14)17(19)22/h5-8,12,14-15,20H,1-4,9-10H2. The van der Waals surface area contributed by atoms with Crippen molar-refractivity contribution in [1.82, 2.24) is 4.90 Å². The molecular weight excluding hydrogens is 362 g/mol. The van der Waals surface area contributed by atoms with E-state index < -0.39 is 6.10 Å². The van der Waals surface area contributed by atoms with Gasteiger partial charge in [0, 0.05) is 4.47 Å². The van der Waals surface area contributed by atoms with E-state index in [9.17, 15) is 14.7 Å². The fourth-order valence-corrected chi connectivity index (χ4v) is 3.66. The molecule has 3 atom stereocenters. The Morgan fingerprint density at radius 3 is 2.26 bits per heavy atom. The maximum Gasteiger partial charge on any atom is 0.233 e. The van der Waals surface area contributed by atoms with Gasteiger partial charge in [-0.15, -0.1) is 0 Å². The van der Waals surface area contributed by atoms with Gasteiger partial charge in [0.25, 0.3) is 0 Å². The van der Waals surface area contributed by atoms with Crippen LogP contribution in [0.4, 0.5) is 0 Å². The highest BCUT2D eigenvalue weighted by molar-refractivity contribution is 9.10. The number of hydrogen-bond donors (Lipinski definition) is 1. The molecule has 0 spiro atoms. The van der Waals surface area contributed by atoms with Crippen molar-refractivity contribution in [2.24, 2.45) is 11.8 Å². The molecule has 6 heteroatoms. The largest absolute Gasteiger partial charge is 0.491 e. The number of benzene rings is 1. The number of nitrogens with zero attached hydrogens (tertiary/aromatic N) is 1. The summed E-state index contributed by atoms with van der Waals surface area (Å²) in [5.74, 6) is 0.0523. The van der Waals surface area contributed by atoms with E-state index in [-0.39, 0.29) is 36.8 Å². The lowest BCUT2D eigenvalue weighted by molar-refractivity contribution is -0.141. The highest BCUT2D eigenvalue weighted by Gasteiger charge is 2.48. The molecule has 0 bridgehead atoms. The number of ether oxygens (including phenoxy) is 1. The van der Waals surface area contributed by atoms with Crippen molar-refractivity contribution < 1.29 is 19.4 Å². The molecule has 1 heterocycles. The fourth-order valence-electron chi connectivity index (χ4n) is 3.40. The minimum Gasteiger partial charge on any atom is -0.491 e. The SMILES string of the molecule is O=C1C2CCCCC2C(=O)N1CC(O)COc1ccc(Br)cc1. The van der Waals surface area contributed by atoms with Gasteiger partial charge >= 0.3 is 0 Å². The van der Waals surface area contributed by atoms with Crippen LogP contribution in [-0.4, -0.2) is 41.1 Å². The topological polar surface area (TPSA) is 66.8 Å². The van der Waals surface area contributed by atoms with Crippen LogP contribution in [0.2, 0.25) is 0 Å². The van der Waals surface area contributed by atoms with Gasteiger partial charge in [-0.1, -0.05) is 28.8 Å². The number of likely N-dealkylation sites (tertiary alicyclic amines) is 1. The van der Waals surface area contributed by atoms with E-state index in [2.05, 4.69) is 15.9 Å². The minimum absolute atomic E-state index is 0.0151. The van der Waals surface area contributed by atoms with Crippen molar-refractivity contribution >= 4 is 27.7 Å². The molecular formula is C17H20BrNO4. The van der Waals surface area contributed by atoms with Gasteiger partial charge in [-0.05, 0) is 37.1 Å². The van der Waals surface area contributed by atoms with Crippen LogP contribution in [0.15, 0.2) is 28.7 Å². The molecule has 1 aliphatic heterocycles. The van der Waals surface area contributed by atoms with Crippen LogP contribution < -0.4 is 4.74 Å². The fraction of sp³-hybridized carbons (Fsp3) is 0.529. The van der Waals surface area contributed by atoms with Gasteiger partial charge in [0.1, 0.15) is 18.5 Å². The van der Waals surface area contributed by atoms with Crippen LogP contribution in [0.3, 0.4) is 0 Å². The molecule has 2 aliphatic rings. The van der Waals surface area contributed by atoms with E-state index in [0.717, 1.165) is 30.2 Å². The number of aliphatic hydroxyl groups excluding tert-OH is 1. The maximum absolute atomic E-state index is 12.3. The van der Waals surface area contributed by atoms with Crippen LogP contribution in [0.1, 0.15) is 25.7 Å². The maximum atomic E-state index is 12.3. The summed E-state index contributed by atoms with van der Waals surface area (Å²) in [4.78, 5) is 25.9. The van der Waals surface area contributed by atoms with Gasteiger partial charge < -0.3 is 9.84 Å². The Labute approximate surface area is 143 Å². The van der Waals surface area contributed by atoms with E-state index in [4.69, 9.17) is 4.74 Å². The second-order valence-electron chi connectivity index (χ2n) is 6.20. The first-order valence-electron chi connectivity index (χ1n) is 7.98. The first-order chi connectivity index (χ1) is 11.1. The molecule has 0 aromatic heterocycles. The molecule has 124 valence electrons. The predicted molar refractivity (Wildman–Crippen MR) is 87.8 cm³/mol. The highest BCUT2D eigenvalue weighted by atomic mass is 79.9. The second kappa shape index (κ2) is 7.01. The van der Waals surface area contributed by atoms with Crippen molar-refractivity contribution in [3.05, 3.63) is 28.7 Å². The number of rotatable bonds is 5. The van der Waals surface area contributed by atoms with Crippen molar-refractivity contribution in [2.45, 2.75) is 31.8 Å². The lowest BCUT2D eigenvalue weighted by atomic mass is 9.81. The molecule has 1 N–H and O–H groups in total. The van der Waals surface area contributed by atoms with Gasteiger partial charge in [0.15, 0.2) is 0 Å². The number of imide groups is 1. The van der Waals surface area contributed by atoms with Gasteiger partial charge in [0.2, 0.25) is 11.8 Å². The first kappa shape index (κ1) is 16.5. The van der Waals surface area contributed by atoms with E-state index in [1.54, 1.807) is 12.1 Å². The monoisotopic (exact) mass is 381 g/mol. The molecule has 1 aromatic carbocycles. The third-order valence-electron chi connectivity index (χ3n) is 4.58. The van der Waals surface area contributed by atoms with Crippen molar-refractivity contribution in [3.63, 3.8) is 0 Å². The summed E-state index contributed by atoms with van der Waals surface area (Å²) >= 11 is 3.34. The Balaban J connectivity index is 1.55. The van der Waals surface area contributed by atoms with Crippen molar-refractivity contribution in [3.8, 4) is 5.75 Å². The summed E-state index contributed by atoms with van der Waals surface area (Å²) in [6.45, 7) is 0.0647. The smallest absolute Gasteiger partial charge is 0.233 e. The summed E-state index contributed by atoms with van der Waals surface area (Å²) in [5.41, 5.74) is 0. The number of hydrogen-bond acceptors (Lipinski definition) is 4. The number of halogens is 1. The number of carbonyl (C=O) groups excluding carboxylic acids is 2. The van der Waals surface area contributed by atoms with E-state index in [1.165, 1.54) is 4.90 Å². The van der Waals surface area contributed by atoms with Crippen LogP contribution in [0.25, 0.3) is 0 Å². The van der Waals surface area contributed by atoms with E-state index >= 15 is 0 Å². The summed E-state index contributed by atoms with van der Waals surface area (Å²) < 4.78 is 6.45. The Kier molecular flexibility index (Phi) is 5.02. The molecule has 3 rings (SSSR count). The molecule has 1 aromatic rings. The van der Waals surface area contributed by atoms with Gasteiger partial charge in [-0.3, -0.25) is 14.5 Å². The van der Waals surface area contributed by atoms with Crippen LogP contribution in [0.5, 0.6) is 5.75 Å². The van der Waals surface area contributed by atoms with Crippen LogP contribution in [0, 0.1) is 11.8 Å². The van der Waals surface area contributed by atoms with Crippen molar-refractivity contribution in [1.29, 1.82) is 0 Å². The predicted octanol–water partition coefficient (Wildman–Crippen LogP) is 2.36. The molecule has 2 amide bonds. The molecule has 23 heavy (non-hydrogen) atoms. The number of amides is 2. The normalized spacial score (nSPS) is 25.4. The lowest BCUT2D eigenvalue weighted by Crippen LogP contribution is -2.40. The zero-order valence-corrected chi connectivity index (χ0v) is 14.4. The highest BCUT2D eigenvalue weighted by Crippen LogP contribution is 2.37. The Morgan fingerprint density at radius 1 is 1.13 bits per heavy atom. The quantitative estimate of drug-likeness (QED) is 0.795. The van der Waals surface area contributed by atoms with Crippen molar-refractivity contribution in [2.75, 3.05) is 13.2 Å². The average Bonchev–Trinajstić information content (AvgIpc) is 2.80. The van der Waals surface area contributed by atoms with E-state index in [0.29, 0.717) is 5.75 Å². The zero-order valence-electron chi connectivity index (χ0n) is 12.8. The minimum atomic E-state index is -0.883. The lowest BCUT2D eigenvalue weighted by Gasteiger charge is -2.19. The first-order valence-corrected chi connectivity index (χ1v) is 8.77. The van der Waals surface area contributed by atoms with Gasteiger partial charge in [-0.25, -0.2) is 0 Å². The average molecular weight is 382 g/mol. The molecule has 5 nitrogen and oxygen atoms in total. The molecule has 3 unspecified atom stereocenters. The van der Waals surface area contributed by atoms with E-state index in [1.807, 2.05) is 12.1 Å². The van der Waals surface area contributed by atoms with Crippen LogP contribution >= 0.6 is 15.9 Å². The van der Waals surface area contributed by atoms with Gasteiger partial charge in [-0.2, -0.15) is 0 Å². The third kappa shape index (κ3) is 3.58. The molecule has 0 radical (unpaired) electrons. The number of fused-ring (bicyclic) bond motifs is 1. The second-order valence-corrected chi connectivity index (χ2v) is 7.12. The molecule has 1 saturated heterocycles. The number of β-amino-alcohol motifs (C(OH)–C–C–N with tert-alkyl or cyclic N) is 1. The molecule has 1 aliphatic carbocycles. The summed E-state index contributed by atoms with van der Waals surface area (Å²) in [7, 11) is 0. The number of aliphatic hydroxyl groups is 1. The zero-order chi connectivity index (χ0) is 16.4. The van der Waals surface area contributed by atoms with Gasteiger partial charge in [0.05, 0.1) is 18.4 Å². The summed E-state index contributed by atoms with van der Waals surface area (Å²) in [6.07, 6.45) is 2.70. The number of carbonyl (C=O) groups is 2. The van der Waals surface area contributed by atoms with Crippen LogP contribution in [-0.2, 0) is 9.59 Å².